The van der Waals surface area contributed by atoms with E-state index in [2.05, 4.69) is 9.97 Å². The number of carbonyl (C=O) groups excluding carboxylic acids is 1. The molecule has 4 rings (SSSR count). The van der Waals surface area contributed by atoms with Crippen molar-refractivity contribution in [2.75, 3.05) is 19.8 Å². The third kappa shape index (κ3) is 4.63. The molecule has 6 heteroatoms. The highest BCUT2D eigenvalue weighted by Gasteiger charge is 2.22. The maximum absolute atomic E-state index is 12.7. The topological polar surface area (TPSA) is 59.2 Å². The van der Waals surface area contributed by atoms with E-state index >= 15 is 0 Å². The highest BCUT2D eigenvalue weighted by molar-refractivity contribution is 5.87. The first-order valence-corrected chi connectivity index (χ1v) is 10.3. The molecule has 0 spiro atoms. The molecule has 1 aliphatic heterocycles. The highest BCUT2D eigenvalue weighted by atomic mass is 19.1. The number of fused-ring (bicyclic) bond motifs is 1. The van der Waals surface area contributed by atoms with Gasteiger partial charge in [0.1, 0.15) is 0 Å². The minimum atomic E-state index is -0.246. The molecule has 0 radical (unpaired) electrons. The summed E-state index contributed by atoms with van der Waals surface area (Å²) in [5.74, 6) is 2.03. The summed E-state index contributed by atoms with van der Waals surface area (Å²) in [7, 11) is 0. The lowest BCUT2D eigenvalue weighted by molar-refractivity contribution is -0.131. The first-order chi connectivity index (χ1) is 14.1. The zero-order valence-corrected chi connectivity index (χ0v) is 16.7. The van der Waals surface area contributed by atoms with Gasteiger partial charge in [0.25, 0.3) is 0 Å². The largest absolute Gasteiger partial charge is 0.441 e. The molecule has 0 unspecified atom stereocenters. The molecule has 3 aromatic rings. The molecule has 1 aromatic carbocycles. The third-order valence-electron chi connectivity index (χ3n) is 5.73. The summed E-state index contributed by atoms with van der Waals surface area (Å²) < 4.78 is 18.0. The van der Waals surface area contributed by atoms with Crippen molar-refractivity contribution in [1.29, 1.82) is 0 Å². The minimum absolute atomic E-state index is 0.114. The Morgan fingerprint density at radius 1 is 1.17 bits per heavy atom. The molecule has 1 amide bonds. The Bertz CT molecular complexity index is 993. The van der Waals surface area contributed by atoms with E-state index in [9.17, 15) is 9.18 Å². The second-order valence-corrected chi connectivity index (χ2v) is 7.81. The molecule has 0 atom stereocenters. The maximum Gasteiger partial charge on any atom is 0.228 e. The number of halogens is 1. The van der Waals surface area contributed by atoms with E-state index in [1.165, 1.54) is 0 Å². The Morgan fingerprint density at radius 3 is 2.72 bits per heavy atom. The second kappa shape index (κ2) is 8.72. The number of aryl methyl sites for hydroxylation is 1. The van der Waals surface area contributed by atoms with Crippen molar-refractivity contribution in [3.63, 3.8) is 0 Å². The zero-order valence-electron chi connectivity index (χ0n) is 16.7. The van der Waals surface area contributed by atoms with Crippen LogP contribution in [0.25, 0.3) is 22.1 Å². The second-order valence-electron chi connectivity index (χ2n) is 7.81. The van der Waals surface area contributed by atoms with E-state index in [-0.39, 0.29) is 12.6 Å². The third-order valence-corrected chi connectivity index (χ3v) is 5.73. The van der Waals surface area contributed by atoms with Crippen molar-refractivity contribution in [1.82, 2.24) is 14.9 Å². The number of pyridine rings is 1. The van der Waals surface area contributed by atoms with Gasteiger partial charge in [0.2, 0.25) is 5.91 Å². The van der Waals surface area contributed by atoms with Gasteiger partial charge in [-0.2, -0.15) is 0 Å². The number of hydrogen-bond donors (Lipinski definition) is 0. The van der Waals surface area contributed by atoms with Crippen LogP contribution >= 0.6 is 0 Å². The summed E-state index contributed by atoms with van der Waals surface area (Å²) in [6.07, 6.45) is 7.34. The van der Waals surface area contributed by atoms with Crippen LogP contribution in [0.1, 0.15) is 37.3 Å². The summed E-state index contributed by atoms with van der Waals surface area (Å²) in [5.41, 5.74) is 1.73. The number of nitrogens with zero attached hydrogens (tertiary/aromatic N) is 3. The first-order valence-electron chi connectivity index (χ1n) is 10.3. The first kappa shape index (κ1) is 19.6. The number of piperidine rings is 1. The van der Waals surface area contributed by atoms with E-state index < -0.39 is 0 Å². The Kier molecular flexibility index (Phi) is 5.88. The number of alkyl halides is 1. The molecular formula is C23H26FN3O2. The standard InChI is InChI=1S/C23H26FN3O2/c1-16-25-15-22(29-16)18-4-5-19-14-26-21(12-20(19)11-18)13-23(28)27-9-6-17(7-10-27)3-2-8-24/h4-5,11-12,14-15,17H,2-3,6-10,13H2,1H3. The van der Waals surface area contributed by atoms with E-state index in [0.29, 0.717) is 24.7 Å². The quantitative estimate of drug-likeness (QED) is 0.605. The fourth-order valence-electron chi connectivity index (χ4n) is 4.03. The maximum atomic E-state index is 12.7. The molecule has 0 bridgehead atoms. The number of benzene rings is 1. The summed E-state index contributed by atoms with van der Waals surface area (Å²) in [5, 5.41) is 2.05. The van der Waals surface area contributed by atoms with Gasteiger partial charge in [0.05, 0.1) is 25.0 Å². The van der Waals surface area contributed by atoms with E-state index in [4.69, 9.17) is 4.42 Å². The predicted molar refractivity (Wildman–Crippen MR) is 110 cm³/mol. The van der Waals surface area contributed by atoms with Crippen molar-refractivity contribution < 1.29 is 13.6 Å². The van der Waals surface area contributed by atoms with Gasteiger partial charge in [0.15, 0.2) is 11.7 Å². The smallest absolute Gasteiger partial charge is 0.228 e. The van der Waals surface area contributed by atoms with Gasteiger partial charge < -0.3 is 9.32 Å². The van der Waals surface area contributed by atoms with E-state index in [0.717, 1.165) is 60.1 Å². The molecule has 29 heavy (non-hydrogen) atoms. The van der Waals surface area contributed by atoms with Crippen molar-refractivity contribution in [3.05, 3.63) is 48.2 Å². The summed E-state index contributed by atoms with van der Waals surface area (Å²) in [6, 6.07) is 8.01. The summed E-state index contributed by atoms with van der Waals surface area (Å²) in [4.78, 5) is 23.3. The van der Waals surface area contributed by atoms with Crippen LogP contribution in [0.3, 0.4) is 0 Å². The fraction of sp³-hybridized carbons (Fsp3) is 0.435. The number of amides is 1. The fourth-order valence-corrected chi connectivity index (χ4v) is 4.03. The molecule has 2 aromatic heterocycles. The summed E-state index contributed by atoms with van der Waals surface area (Å²) >= 11 is 0. The molecule has 5 nitrogen and oxygen atoms in total. The average Bonchev–Trinajstić information content (AvgIpc) is 3.18. The Labute approximate surface area is 169 Å². The van der Waals surface area contributed by atoms with Crippen molar-refractivity contribution in [2.45, 2.75) is 39.0 Å². The van der Waals surface area contributed by atoms with Crippen LogP contribution < -0.4 is 0 Å². The van der Waals surface area contributed by atoms with Crippen LogP contribution in [0.4, 0.5) is 4.39 Å². The SMILES string of the molecule is Cc1ncc(-c2ccc3cnc(CC(=O)N4CCC(CCCF)CC4)cc3c2)o1. The van der Waals surface area contributed by atoms with Gasteiger partial charge in [-0.15, -0.1) is 0 Å². The van der Waals surface area contributed by atoms with E-state index in [1.54, 1.807) is 6.20 Å². The van der Waals surface area contributed by atoms with Gasteiger partial charge >= 0.3 is 0 Å². The lowest BCUT2D eigenvalue weighted by Gasteiger charge is -2.32. The van der Waals surface area contributed by atoms with Crippen molar-refractivity contribution in [2.24, 2.45) is 5.92 Å². The number of oxazole rings is 1. The molecule has 1 fully saturated rings. The van der Waals surface area contributed by atoms with Gasteiger partial charge in [-0.1, -0.05) is 12.1 Å². The molecular weight excluding hydrogens is 369 g/mol. The van der Waals surface area contributed by atoms with Crippen LogP contribution in [0.15, 0.2) is 41.1 Å². The van der Waals surface area contributed by atoms with Crippen LogP contribution in [-0.4, -0.2) is 40.5 Å². The molecule has 1 aliphatic rings. The molecule has 3 heterocycles. The Hall–Kier alpha value is -2.76. The van der Waals surface area contributed by atoms with Gasteiger partial charge in [-0.25, -0.2) is 4.98 Å². The molecule has 0 aliphatic carbocycles. The number of likely N-dealkylation sites (tertiary alicyclic amines) is 1. The van der Waals surface area contributed by atoms with Gasteiger partial charge in [0, 0.05) is 37.2 Å². The van der Waals surface area contributed by atoms with Crippen LogP contribution in [0.2, 0.25) is 0 Å². The number of rotatable bonds is 6. The molecule has 152 valence electrons. The Balaban J connectivity index is 1.43. The normalized spacial score (nSPS) is 15.2. The van der Waals surface area contributed by atoms with Crippen LogP contribution in [-0.2, 0) is 11.2 Å². The van der Waals surface area contributed by atoms with Crippen LogP contribution in [0.5, 0.6) is 0 Å². The number of hydrogen-bond acceptors (Lipinski definition) is 4. The summed E-state index contributed by atoms with van der Waals surface area (Å²) in [6.45, 7) is 3.10. The molecule has 1 saturated heterocycles. The lowest BCUT2D eigenvalue weighted by atomic mass is 9.92. The van der Waals surface area contributed by atoms with Crippen molar-refractivity contribution >= 4 is 16.7 Å². The molecule has 0 saturated carbocycles. The highest BCUT2D eigenvalue weighted by Crippen LogP contribution is 2.26. The van der Waals surface area contributed by atoms with E-state index in [1.807, 2.05) is 42.3 Å². The van der Waals surface area contributed by atoms with Crippen molar-refractivity contribution in [3.8, 4) is 11.3 Å². The predicted octanol–water partition coefficient (Wildman–Crippen LogP) is 4.73. The minimum Gasteiger partial charge on any atom is -0.441 e. The Morgan fingerprint density at radius 2 is 2.00 bits per heavy atom. The average molecular weight is 395 g/mol. The zero-order chi connectivity index (χ0) is 20.2. The number of aromatic nitrogens is 2. The van der Waals surface area contributed by atoms with Crippen LogP contribution in [0, 0.1) is 12.8 Å². The van der Waals surface area contributed by atoms with Gasteiger partial charge in [-0.3, -0.25) is 14.2 Å². The monoisotopic (exact) mass is 395 g/mol. The van der Waals surface area contributed by atoms with Gasteiger partial charge in [-0.05, 0) is 49.1 Å². The lowest BCUT2D eigenvalue weighted by Crippen LogP contribution is -2.39. The number of carbonyl (C=O) groups is 1. The molecule has 0 N–H and O–H groups in total.